The van der Waals surface area contributed by atoms with E-state index in [1.54, 1.807) is 17.2 Å². The first-order valence-corrected chi connectivity index (χ1v) is 7.74. The molecule has 22 heavy (non-hydrogen) atoms. The van der Waals surface area contributed by atoms with Gasteiger partial charge in [0.2, 0.25) is 5.28 Å². The summed E-state index contributed by atoms with van der Waals surface area (Å²) in [5.74, 6) is 0.324. The van der Waals surface area contributed by atoms with Crippen molar-refractivity contribution in [2.45, 2.75) is 39.4 Å². The van der Waals surface area contributed by atoms with Crippen molar-refractivity contribution in [1.29, 1.82) is 0 Å². The van der Waals surface area contributed by atoms with Crippen LogP contribution in [0.25, 0.3) is 0 Å². The zero-order valence-electron chi connectivity index (χ0n) is 13.2. The lowest BCUT2D eigenvalue weighted by Crippen LogP contribution is -2.35. The molecule has 6 nitrogen and oxygen atoms in total. The Morgan fingerprint density at radius 3 is 2.95 bits per heavy atom. The van der Waals surface area contributed by atoms with E-state index in [-0.39, 0.29) is 11.4 Å². The van der Waals surface area contributed by atoms with Crippen LogP contribution in [0.5, 0.6) is 0 Å². The molecule has 1 fully saturated rings. The normalized spacial score (nSPS) is 18.5. The Kier molecular flexibility index (Phi) is 5.58. The molecule has 122 valence electrons. The number of hydrogen-bond acceptors (Lipinski definition) is 5. The third-order valence-electron chi connectivity index (χ3n) is 3.22. The summed E-state index contributed by atoms with van der Waals surface area (Å²) in [7, 11) is 0. The highest BCUT2D eigenvalue weighted by atomic mass is 35.5. The summed E-state index contributed by atoms with van der Waals surface area (Å²) in [5.41, 5.74) is 0.291. The number of nitrogens with zero attached hydrogens (tertiary/aromatic N) is 3. The van der Waals surface area contributed by atoms with Crippen LogP contribution in [-0.4, -0.2) is 46.3 Å². The summed E-state index contributed by atoms with van der Waals surface area (Å²) >= 11 is 5.72. The van der Waals surface area contributed by atoms with Crippen LogP contribution in [0.2, 0.25) is 5.28 Å². The number of rotatable bonds is 4. The molecule has 0 radical (unpaired) electrons. The zero-order valence-corrected chi connectivity index (χ0v) is 14.0. The molecule has 0 N–H and O–H groups in total. The molecule has 1 aliphatic rings. The van der Waals surface area contributed by atoms with Crippen LogP contribution < -0.4 is 0 Å². The van der Waals surface area contributed by atoms with Crippen molar-refractivity contribution in [2.75, 3.05) is 19.7 Å². The Hall–Kier alpha value is -1.40. The SMILES string of the molecule is CC(C)(C)OC(=O)N1CC[C@@H](COCc2ccnc(Cl)n2)C1. The van der Waals surface area contributed by atoms with Gasteiger partial charge >= 0.3 is 6.09 Å². The van der Waals surface area contributed by atoms with Crippen LogP contribution in [0.4, 0.5) is 4.79 Å². The lowest BCUT2D eigenvalue weighted by Gasteiger charge is -2.24. The van der Waals surface area contributed by atoms with Crippen LogP contribution in [-0.2, 0) is 16.1 Å². The summed E-state index contributed by atoms with van der Waals surface area (Å²) in [5, 5.41) is 0.220. The maximum absolute atomic E-state index is 12.0. The largest absolute Gasteiger partial charge is 0.444 e. The first-order valence-electron chi connectivity index (χ1n) is 7.36. The van der Waals surface area contributed by atoms with Gasteiger partial charge in [0, 0.05) is 25.2 Å². The Bertz CT molecular complexity index is 519. The second-order valence-corrected chi connectivity index (χ2v) is 6.75. The van der Waals surface area contributed by atoms with E-state index in [4.69, 9.17) is 21.1 Å². The molecule has 1 amide bonds. The molecule has 1 aromatic heterocycles. The molecule has 0 unspecified atom stereocenters. The molecule has 0 aromatic carbocycles. The van der Waals surface area contributed by atoms with E-state index in [0.29, 0.717) is 32.2 Å². The average molecular weight is 328 g/mol. The van der Waals surface area contributed by atoms with Crippen LogP contribution >= 0.6 is 11.6 Å². The minimum absolute atomic E-state index is 0.220. The quantitative estimate of drug-likeness (QED) is 0.796. The van der Waals surface area contributed by atoms with Crippen LogP contribution in [0.1, 0.15) is 32.9 Å². The summed E-state index contributed by atoms with van der Waals surface area (Å²) < 4.78 is 11.0. The fourth-order valence-electron chi connectivity index (χ4n) is 2.24. The van der Waals surface area contributed by atoms with E-state index >= 15 is 0 Å². The summed E-state index contributed by atoms with van der Waals surface area (Å²) in [6.45, 7) is 7.96. The van der Waals surface area contributed by atoms with Crippen molar-refractivity contribution in [2.24, 2.45) is 5.92 Å². The summed E-state index contributed by atoms with van der Waals surface area (Å²) in [4.78, 5) is 21.6. The van der Waals surface area contributed by atoms with Gasteiger partial charge in [0.25, 0.3) is 0 Å². The molecule has 0 aliphatic carbocycles. The number of carbonyl (C=O) groups excluding carboxylic acids is 1. The molecule has 1 aliphatic heterocycles. The van der Waals surface area contributed by atoms with Gasteiger partial charge in [0.05, 0.1) is 18.9 Å². The molecular weight excluding hydrogens is 306 g/mol. The Balaban J connectivity index is 1.71. The molecule has 0 bridgehead atoms. The van der Waals surface area contributed by atoms with Gasteiger partial charge in [-0.2, -0.15) is 0 Å². The summed E-state index contributed by atoms with van der Waals surface area (Å²) in [6, 6.07) is 1.77. The van der Waals surface area contributed by atoms with Crippen molar-refractivity contribution in [1.82, 2.24) is 14.9 Å². The van der Waals surface area contributed by atoms with Crippen molar-refractivity contribution in [3.8, 4) is 0 Å². The highest BCUT2D eigenvalue weighted by molar-refractivity contribution is 6.28. The molecular formula is C15H22ClN3O3. The number of carbonyl (C=O) groups is 1. The molecule has 0 saturated carbocycles. The Morgan fingerprint density at radius 2 is 2.27 bits per heavy atom. The summed E-state index contributed by atoms with van der Waals surface area (Å²) in [6.07, 6.45) is 2.27. The standard InChI is InChI=1S/C15H22ClN3O3/c1-15(2,3)22-14(20)19-7-5-11(8-19)9-21-10-12-4-6-17-13(16)18-12/h4,6,11H,5,7-10H2,1-3H3/t11-/m1/s1. The zero-order chi connectivity index (χ0) is 16.2. The van der Waals surface area contributed by atoms with Crippen molar-refractivity contribution < 1.29 is 14.3 Å². The smallest absolute Gasteiger partial charge is 0.410 e. The first kappa shape index (κ1) is 17.0. The number of aromatic nitrogens is 2. The molecule has 1 atom stereocenters. The van der Waals surface area contributed by atoms with Gasteiger partial charge in [0.15, 0.2) is 0 Å². The minimum atomic E-state index is -0.460. The number of halogens is 1. The Labute approximate surface area is 135 Å². The predicted octanol–water partition coefficient (Wildman–Crippen LogP) is 2.90. The third kappa shape index (κ3) is 5.42. The number of likely N-dealkylation sites (tertiary alicyclic amines) is 1. The van der Waals surface area contributed by atoms with E-state index in [2.05, 4.69) is 9.97 Å². The monoisotopic (exact) mass is 327 g/mol. The number of hydrogen-bond donors (Lipinski definition) is 0. The van der Waals surface area contributed by atoms with E-state index in [0.717, 1.165) is 12.1 Å². The second-order valence-electron chi connectivity index (χ2n) is 6.41. The maximum Gasteiger partial charge on any atom is 0.410 e. The minimum Gasteiger partial charge on any atom is -0.444 e. The van der Waals surface area contributed by atoms with Gasteiger partial charge in [-0.3, -0.25) is 0 Å². The molecule has 7 heteroatoms. The van der Waals surface area contributed by atoms with Crippen molar-refractivity contribution in [3.05, 3.63) is 23.2 Å². The third-order valence-corrected chi connectivity index (χ3v) is 3.41. The lowest BCUT2D eigenvalue weighted by atomic mass is 10.1. The number of ether oxygens (including phenoxy) is 2. The van der Waals surface area contributed by atoms with E-state index < -0.39 is 5.60 Å². The van der Waals surface area contributed by atoms with Crippen molar-refractivity contribution in [3.63, 3.8) is 0 Å². The van der Waals surface area contributed by atoms with E-state index in [1.807, 2.05) is 20.8 Å². The molecule has 1 saturated heterocycles. The topological polar surface area (TPSA) is 64.5 Å². The molecule has 0 spiro atoms. The lowest BCUT2D eigenvalue weighted by molar-refractivity contribution is 0.0270. The van der Waals surface area contributed by atoms with Crippen molar-refractivity contribution >= 4 is 17.7 Å². The highest BCUT2D eigenvalue weighted by Gasteiger charge is 2.29. The van der Waals surface area contributed by atoms with Crippen LogP contribution in [0.3, 0.4) is 0 Å². The highest BCUT2D eigenvalue weighted by Crippen LogP contribution is 2.20. The van der Waals surface area contributed by atoms with E-state index in [1.165, 1.54) is 0 Å². The fourth-order valence-corrected chi connectivity index (χ4v) is 2.41. The molecule has 2 heterocycles. The van der Waals surface area contributed by atoms with Gasteiger partial charge < -0.3 is 14.4 Å². The van der Waals surface area contributed by atoms with Crippen LogP contribution in [0, 0.1) is 5.92 Å². The average Bonchev–Trinajstić information content (AvgIpc) is 2.86. The van der Waals surface area contributed by atoms with Gasteiger partial charge in [-0.1, -0.05) is 0 Å². The molecule has 1 aromatic rings. The van der Waals surface area contributed by atoms with Gasteiger partial charge in [-0.15, -0.1) is 0 Å². The fraction of sp³-hybridized carbons (Fsp3) is 0.667. The maximum atomic E-state index is 12.0. The van der Waals surface area contributed by atoms with Gasteiger partial charge in [0.1, 0.15) is 5.60 Å². The molecule has 2 rings (SSSR count). The number of amides is 1. The van der Waals surface area contributed by atoms with Gasteiger partial charge in [-0.05, 0) is 44.9 Å². The second kappa shape index (κ2) is 7.24. The Morgan fingerprint density at radius 1 is 1.50 bits per heavy atom. The predicted molar refractivity (Wildman–Crippen MR) is 82.6 cm³/mol. The van der Waals surface area contributed by atoms with Gasteiger partial charge in [-0.25, -0.2) is 14.8 Å². The van der Waals surface area contributed by atoms with Crippen LogP contribution in [0.15, 0.2) is 12.3 Å². The first-order chi connectivity index (χ1) is 10.3. The van der Waals surface area contributed by atoms with E-state index in [9.17, 15) is 4.79 Å².